The normalized spacial score (nSPS) is 14.2. The Morgan fingerprint density at radius 3 is 2.52 bits per heavy atom. The fraction of sp³-hybridized carbons (Fsp3) is 0.438. The number of methoxy groups -OCH3 is 2. The van der Waals surface area contributed by atoms with E-state index in [0.29, 0.717) is 6.04 Å². The van der Waals surface area contributed by atoms with Crippen LogP contribution < -0.4 is 14.8 Å². The number of oxazole rings is 1. The molecule has 0 radical (unpaired) electrons. The molecule has 1 heterocycles. The van der Waals surface area contributed by atoms with Gasteiger partial charge in [0.15, 0.2) is 11.7 Å². The van der Waals surface area contributed by atoms with E-state index in [-0.39, 0.29) is 0 Å². The number of hydrogen-bond donors (Lipinski definition) is 1. The number of nitrogens with zero attached hydrogens (tertiary/aromatic N) is 1. The molecule has 1 aromatic heterocycles. The lowest BCUT2D eigenvalue weighted by atomic mass is 10.1. The summed E-state index contributed by atoms with van der Waals surface area (Å²) in [6.45, 7) is 0.909. The number of nitrogens with one attached hydrogen (secondary N) is 1. The third kappa shape index (κ3) is 3.55. The molecule has 1 saturated carbocycles. The van der Waals surface area contributed by atoms with E-state index in [2.05, 4.69) is 10.3 Å². The van der Waals surface area contributed by atoms with Crippen LogP contribution in [0.1, 0.15) is 18.7 Å². The SMILES string of the molecule is COc1cc(OC)cc(-c2cnc(CCNC3CC3)o2)c1. The molecule has 1 aliphatic carbocycles. The number of ether oxygens (including phenoxy) is 2. The summed E-state index contributed by atoms with van der Waals surface area (Å²) >= 11 is 0. The summed E-state index contributed by atoms with van der Waals surface area (Å²) in [4.78, 5) is 4.33. The molecule has 0 saturated heterocycles. The molecule has 2 aromatic rings. The van der Waals surface area contributed by atoms with Gasteiger partial charge in [-0.15, -0.1) is 0 Å². The summed E-state index contributed by atoms with van der Waals surface area (Å²) in [5, 5.41) is 3.45. The van der Waals surface area contributed by atoms with Crippen molar-refractivity contribution >= 4 is 0 Å². The van der Waals surface area contributed by atoms with Crippen molar-refractivity contribution in [3.63, 3.8) is 0 Å². The van der Waals surface area contributed by atoms with Crippen LogP contribution in [0.4, 0.5) is 0 Å². The van der Waals surface area contributed by atoms with Gasteiger partial charge in [0.25, 0.3) is 0 Å². The van der Waals surface area contributed by atoms with Crippen LogP contribution in [0.3, 0.4) is 0 Å². The van der Waals surface area contributed by atoms with Gasteiger partial charge in [-0.3, -0.25) is 0 Å². The summed E-state index contributed by atoms with van der Waals surface area (Å²) in [6.07, 6.45) is 5.14. The summed E-state index contributed by atoms with van der Waals surface area (Å²) in [5.74, 6) is 2.95. The maximum atomic E-state index is 5.81. The average Bonchev–Trinajstić information content (AvgIpc) is 3.22. The van der Waals surface area contributed by atoms with Crippen molar-refractivity contribution < 1.29 is 13.9 Å². The minimum atomic E-state index is 0.710. The minimum absolute atomic E-state index is 0.710. The average molecular weight is 288 g/mol. The highest BCUT2D eigenvalue weighted by Gasteiger charge is 2.20. The number of aromatic nitrogens is 1. The van der Waals surface area contributed by atoms with Gasteiger partial charge in [0.1, 0.15) is 11.5 Å². The van der Waals surface area contributed by atoms with Crippen molar-refractivity contribution in [1.29, 1.82) is 0 Å². The second-order valence-corrected chi connectivity index (χ2v) is 5.20. The first kappa shape index (κ1) is 13.9. The molecular weight excluding hydrogens is 268 g/mol. The molecule has 3 rings (SSSR count). The van der Waals surface area contributed by atoms with Gasteiger partial charge in [0, 0.05) is 30.6 Å². The lowest BCUT2D eigenvalue weighted by molar-refractivity contribution is 0.394. The van der Waals surface area contributed by atoms with Crippen LogP contribution in [0, 0.1) is 0 Å². The fourth-order valence-electron chi connectivity index (χ4n) is 2.18. The lowest BCUT2D eigenvalue weighted by Crippen LogP contribution is -2.19. The minimum Gasteiger partial charge on any atom is -0.497 e. The van der Waals surface area contributed by atoms with Gasteiger partial charge < -0.3 is 19.2 Å². The highest BCUT2D eigenvalue weighted by Crippen LogP contribution is 2.30. The van der Waals surface area contributed by atoms with E-state index in [0.717, 1.165) is 41.7 Å². The molecule has 21 heavy (non-hydrogen) atoms. The fourth-order valence-corrected chi connectivity index (χ4v) is 2.18. The summed E-state index contributed by atoms with van der Waals surface area (Å²) in [7, 11) is 3.27. The zero-order valence-electron chi connectivity index (χ0n) is 12.4. The lowest BCUT2D eigenvalue weighted by Gasteiger charge is -2.06. The van der Waals surface area contributed by atoms with Crippen LogP contribution in [0.25, 0.3) is 11.3 Å². The molecule has 1 aliphatic rings. The maximum Gasteiger partial charge on any atom is 0.196 e. The summed E-state index contributed by atoms with van der Waals surface area (Å²) in [6, 6.07) is 6.37. The predicted octanol–water partition coefficient (Wildman–Crippen LogP) is 2.65. The highest BCUT2D eigenvalue weighted by molar-refractivity contribution is 5.61. The second-order valence-electron chi connectivity index (χ2n) is 5.20. The standard InChI is InChI=1S/C16H20N2O3/c1-19-13-7-11(8-14(9-13)20-2)15-10-18-16(21-15)5-6-17-12-3-4-12/h7-10,12,17H,3-6H2,1-2H3. The van der Waals surface area contributed by atoms with Crippen LogP contribution in [0.2, 0.25) is 0 Å². The van der Waals surface area contributed by atoms with Crippen LogP contribution in [0.15, 0.2) is 28.8 Å². The first-order valence-electron chi connectivity index (χ1n) is 7.20. The van der Waals surface area contributed by atoms with E-state index >= 15 is 0 Å². The third-order valence-corrected chi connectivity index (χ3v) is 3.54. The molecule has 112 valence electrons. The van der Waals surface area contributed by atoms with E-state index in [4.69, 9.17) is 13.9 Å². The topological polar surface area (TPSA) is 56.5 Å². The molecule has 5 nitrogen and oxygen atoms in total. The van der Waals surface area contributed by atoms with Gasteiger partial charge in [-0.1, -0.05) is 0 Å². The Kier molecular flexibility index (Phi) is 4.10. The highest BCUT2D eigenvalue weighted by atomic mass is 16.5. The molecule has 0 atom stereocenters. The number of benzene rings is 1. The van der Waals surface area contributed by atoms with Gasteiger partial charge >= 0.3 is 0 Å². The molecule has 0 amide bonds. The third-order valence-electron chi connectivity index (χ3n) is 3.54. The smallest absolute Gasteiger partial charge is 0.196 e. The molecule has 1 N–H and O–H groups in total. The first-order chi connectivity index (χ1) is 10.3. The number of hydrogen-bond acceptors (Lipinski definition) is 5. The summed E-state index contributed by atoms with van der Waals surface area (Å²) < 4.78 is 16.4. The van der Waals surface area contributed by atoms with Gasteiger partial charge in [0.2, 0.25) is 0 Å². The van der Waals surface area contributed by atoms with E-state index in [1.54, 1.807) is 20.4 Å². The van der Waals surface area contributed by atoms with Crippen LogP contribution >= 0.6 is 0 Å². The van der Waals surface area contributed by atoms with Crippen molar-refractivity contribution in [2.45, 2.75) is 25.3 Å². The first-order valence-corrected chi connectivity index (χ1v) is 7.20. The molecule has 0 aliphatic heterocycles. The van der Waals surface area contributed by atoms with Gasteiger partial charge in [-0.05, 0) is 25.0 Å². The van der Waals surface area contributed by atoms with Gasteiger partial charge in [-0.2, -0.15) is 0 Å². The zero-order valence-corrected chi connectivity index (χ0v) is 12.4. The van der Waals surface area contributed by atoms with Crippen LogP contribution in [-0.2, 0) is 6.42 Å². The Balaban J connectivity index is 1.71. The molecular formula is C16H20N2O3. The molecule has 0 unspecified atom stereocenters. The van der Waals surface area contributed by atoms with Crippen molar-refractivity contribution in [3.05, 3.63) is 30.3 Å². The van der Waals surface area contributed by atoms with Gasteiger partial charge in [0.05, 0.1) is 20.4 Å². The monoisotopic (exact) mass is 288 g/mol. The Labute approximate surface area is 124 Å². The number of rotatable bonds is 7. The Morgan fingerprint density at radius 1 is 1.19 bits per heavy atom. The van der Waals surface area contributed by atoms with Crippen molar-refractivity contribution in [3.8, 4) is 22.8 Å². The largest absolute Gasteiger partial charge is 0.497 e. The van der Waals surface area contributed by atoms with Crippen LogP contribution in [-0.4, -0.2) is 31.8 Å². The van der Waals surface area contributed by atoms with Crippen molar-refractivity contribution in [2.75, 3.05) is 20.8 Å². The van der Waals surface area contributed by atoms with Crippen molar-refractivity contribution in [2.24, 2.45) is 0 Å². The van der Waals surface area contributed by atoms with Crippen molar-refractivity contribution in [1.82, 2.24) is 10.3 Å². The Bertz CT molecular complexity index is 583. The van der Waals surface area contributed by atoms with Gasteiger partial charge in [-0.25, -0.2) is 4.98 Å². The van der Waals surface area contributed by atoms with Crippen LogP contribution in [0.5, 0.6) is 11.5 Å². The molecule has 1 fully saturated rings. The molecule has 1 aromatic carbocycles. The summed E-state index contributed by atoms with van der Waals surface area (Å²) in [5.41, 5.74) is 0.903. The maximum absolute atomic E-state index is 5.81. The second kappa shape index (κ2) is 6.18. The van der Waals surface area contributed by atoms with E-state index < -0.39 is 0 Å². The molecule has 0 bridgehead atoms. The molecule has 5 heteroatoms. The van der Waals surface area contributed by atoms with E-state index in [1.807, 2.05) is 18.2 Å². The van der Waals surface area contributed by atoms with E-state index in [1.165, 1.54) is 12.8 Å². The quantitative estimate of drug-likeness (QED) is 0.849. The zero-order chi connectivity index (χ0) is 14.7. The van der Waals surface area contributed by atoms with E-state index in [9.17, 15) is 0 Å². The Hall–Kier alpha value is -2.01. The molecule has 0 spiro atoms. The predicted molar refractivity (Wildman–Crippen MR) is 79.8 cm³/mol. The Morgan fingerprint density at radius 2 is 1.90 bits per heavy atom.